The lowest BCUT2D eigenvalue weighted by Gasteiger charge is -2.38. The number of phenols is 1. The number of allylic oxidation sites excluding steroid dienone is 4. The Morgan fingerprint density at radius 2 is 1.33 bits per heavy atom. The number of alkyl halides is 3. The molecule has 1 unspecified atom stereocenters. The molecule has 4 heteroatoms. The molecule has 1 aromatic rings. The third-order valence-corrected chi connectivity index (χ3v) is 6.42. The monoisotopic (exact) mass is 464 g/mol. The first-order chi connectivity index (χ1) is 14.6. The van der Waals surface area contributed by atoms with Crippen LogP contribution in [0.5, 0.6) is 5.75 Å². The molecular weight excluding hydrogens is 421 g/mol. The van der Waals surface area contributed by atoms with Crippen LogP contribution in [-0.2, 0) is 10.8 Å². The van der Waals surface area contributed by atoms with Crippen LogP contribution in [0.15, 0.2) is 35.9 Å². The van der Waals surface area contributed by atoms with Gasteiger partial charge in [-0.15, -0.1) is 0 Å². The second-order valence-electron chi connectivity index (χ2n) is 13.6. The second kappa shape index (κ2) is 8.82. The number of hydrogen-bond donors (Lipinski definition) is 1. The van der Waals surface area contributed by atoms with Crippen LogP contribution in [0.3, 0.4) is 0 Å². The SMILES string of the molecule is CC(C)(C)CC(C)(C)c1cc(C2C=CC(C(F)(F)F)=CC2)c(O)c(C(C)(C)CC(C)(C)C)c1. The molecule has 0 aliphatic heterocycles. The van der Waals surface area contributed by atoms with E-state index in [0.717, 1.165) is 35.6 Å². The Morgan fingerprint density at radius 3 is 1.76 bits per heavy atom. The molecule has 0 aromatic heterocycles. The molecule has 0 spiro atoms. The molecule has 1 aliphatic rings. The van der Waals surface area contributed by atoms with E-state index in [4.69, 9.17) is 0 Å². The molecule has 1 nitrogen and oxygen atoms in total. The first-order valence-electron chi connectivity index (χ1n) is 12.0. The highest BCUT2D eigenvalue weighted by atomic mass is 19.4. The van der Waals surface area contributed by atoms with Crippen molar-refractivity contribution in [2.45, 2.75) is 111 Å². The summed E-state index contributed by atoms with van der Waals surface area (Å²) < 4.78 is 39.4. The van der Waals surface area contributed by atoms with Crippen molar-refractivity contribution in [3.05, 3.63) is 52.6 Å². The molecule has 1 aliphatic carbocycles. The van der Waals surface area contributed by atoms with Gasteiger partial charge in [0.2, 0.25) is 0 Å². The van der Waals surface area contributed by atoms with Gasteiger partial charge in [0, 0.05) is 17.0 Å². The maximum Gasteiger partial charge on any atom is 0.416 e. The zero-order valence-electron chi connectivity index (χ0n) is 22.2. The Labute approximate surface area is 199 Å². The predicted octanol–water partition coefficient (Wildman–Crippen LogP) is 9.35. The van der Waals surface area contributed by atoms with Crippen LogP contribution in [0.25, 0.3) is 0 Å². The molecule has 0 bridgehead atoms. The van der Waals surface area contributed by atoms with Gasteiger partial charge in [-0.25, -0.2) is 0 Å². The summed E-state index contributed by atoms with van der Waals surface area (Å²) in [6.07, 6.45) is 1.69. The largest absolute Gasteiger partial charge is 0.507 e. The molecule has 0 radical (unpaired) electrons. The van der Waals surface area contributed by atoms with E-state index in [0.29, 0.717) is 0 Å². The van der Waals surface area contributed by atoms with E-state index < -0.39 is 11.7 Å². The van der Waals surface area contributed by atoms with E-state index in [9.17, 15) is 18.3 Å². The standard InChI is InChI=1S/C29H43F3O/c1-25(2,3)17-27(7,8)21-15-22(19-11-13-20(14-12-19)29(30,31)32)24(33)23(16-21)28(9,10)18-26(4,5)6/h11,13-16,19,33H,12,17-18H2,1-10H3. The number of aromatic hydroxyl groups is 1. The lowest BCUT2D eigenvalue weighted by Crippen LogP contribution is -2.28. The number of phenolic OH excluding ortho intramolecular Hbond substituents is 1. The Morgan fingerprint density at radius 1 is 0.818 bits per heavy atom. The maximum absolute atomic E-state index is 13.1. The summed E-state index contributed by atoms with van der Waals surface area (Å²) in [5.74, 6) is -0.0660. The van der Waals surface area contributed by atoms with Crippen LogP contribution in [0.4, 0.5) is 13.2 Å². The van der Waals surface area contributed by atoms with Gasteiger partial charge in [-0.1, -0.05) is 99.6 Å². The van der Waals surface area contributed by atoms with Crippen molar-refractivity contribution in [1.29, 1.82) is 0 Å². The zero-order valence-corrected chi connectivity index (χ0v) is 22.2. The van der Waals surface area contributed by atoms with E-state index in [1.165, 1.54) is 6.08 Å². The van der Waals surface area contributed by atoms with Gasteiger partial charge in [0.05, 0.1) is 5.57 Å². The quantitative estimate of drug-likeness (QED) is 0.460. The lowest BCUT2D eigenvalue weighted by atomic mass is 9.67. The fourth-order valence-corrected chi connectivity index (χ4v) is 5.76. The predicted molar refractivity (Wildman–Crippen MR) is 133 cm³/mol. The Kier molecular flexibility index (Phi) is 7.36. The van der Waals surface area contributed by atoms with E-state index in [1.807, 2.05) is 6.07 Å². The minimum Gasteiger partial charge on any atom is -0.507 e. The van der Waals surface area contributed by atoms with Gasteiger partial charge in [0.15, 0.2) is 0 Å². The van der Waals surface area contributed by atoms with Crippen molar-refractivity contribution >= 4 is 0 Å². The molecule has 0 amide bonds. The van der Waals surface area contributed by atoms with Gasteiger partial charge < -0.3 is 5.11 Å². The average molecular weight is 465 g/mol. The van der Waals surface area contributed by atoms with Crippen LogP contribution in [0.2, 0.25) is 0 Å². The molecule has 1 atom stereocenters. The number of halogens is 3. The van der Waals surface area contributed by atoms with E-state index in [1.54, 1.807) is 6.08 Å². The van der Waals surface area contributed by atoms with E-state index in [2.05, 4.69) is 75.3 Å². The highest BCUT2D eigenvalue weighted by Crippen LogP contribution is 2.48. The van der Waals surface area contributed by atoms with Crippen molar-refractivity contribution in [1.82, 2.24) is 0 Å². The number of hydrogen-bond acceptors (Lipinski definition) is 1. The molecule has 33 heavy (non-hydrogen) atoms. The lowest BCUT2D eigenvalue weighted by molar-refractivity contribution is -0.0886. The Balaban J connectivity index is 2.65. The normalized spacial score (nSPS) is 18.5. The summed E-state index contributed by atoms with van der Waals surface area (Å²) >= 11 is 0. The van der Waals surface area contributed by atoms with Crippen molar-refractivity contribution in [3.63, 3.8) is 0 Å². The third-order valence-electron chi connectivity index (χ3n) is 6.42. The molecule has 0 heterocycles. The highest BCUT2D eigenvalue weighted by molar-refractivity contribution is 5.52. The zero-order chi connectivity index (χ0) is 25.6. The molecule has 186 valence electrons. The molecule has 0 fully saturated rings. The molecule has 1 aromatic carbocycles. The van der Waals surface area contributed by atoms with Gasteiger partial charge in [-0.3, -0.25) is 0 Å². The van der Waals surface area contributed by atoms with Crippen molar-refractivity contribution in [2.24, 2.45) is 10.8 Å². The van der Waals surface area contributed by atoms with Gasteiger partial charge in [0.1, 0.15) is 5.75 Å². The molecule has 1 N–H and O–H groups in total. The minimum atomic E-state index is -4.35. The summed E-state index contributed by atoms with van der Waals surface area (Å²) in [5.41, 5.74) is 1.83. The van der Waals surface area contributed by atoms with Crippen LogP contribution in [-0.4, -0.2) is 11.3 Å². The van der Waals surface area contributed by atoms with E-state index in [-0.39, 0.29) is 39.7 Å². The van der Waals surface area contributed by atoms with Gasteiger partial charge in [-0.05, 0) is 46.5 Å². The van der Waals surface area contributed by atoms with Crippen molar-refractivity contribution < 1.29 is 18.3 Å². The summed E-state index contributed by atoms with van der Waals surface area (Å²) in [7, 11) is 0. The van der Waals surface area contributed by atoms with Crippen molar-refractivity contribution in [3.8, 4) is 5.75 Å². The molecular formula is C29H43F3O. The second-order valence-corrected chi connectivity index (χ2v) is 13.6. The number of benzene rings is 1. The van der Waals surface area contributed by atoms with Crippen LogP contribution >= 0.6 is 0 Å². The Bertz CT molecular complexity index is 916. The van der Waals surface area contributed by atoms with Crippen LogP contribution in [0.1, 0.15) is 111 Å². The van der Waals surface area contributed by atoms with Crippen LogP contribution in [0, 0.1) is 10.8 Å². The first-order valence-corrected chi connectivity index (χ1v) is 12.0. The number of rotatable bonds is 5. The Hall–Kier alpha value is -1.71. The smallest absolute Gasteiger partial charge is 0.416 e. The minimum absolute atomic E-state index is 0.0577. The third kappa shape index (κ3) is 7.13. The van der Waals surface area contributed by atoms with Gasteiger partial charge in [0.25, 0.3) is 0 Å². The van der Waals surface area contributed by atoms with Gasteiger partial charge >= 0.3 is 6.18 Å². The fourth-order valence-electron chi connectivity index (χ4n) is 5.76. The molecule has 0 saturated carbocycles. The van der Waals surface area contributed by atoms with E-state index >= 15 is 0 Å². The van der Waals surface area contributed by atoms with Gasteiger partial charge in [-0.2, -0.15) is 13.2 Å². The summed E-state index contributed by atoms with van der Waals surface area (Å²) in [5, 5.41) is 11.4. The highest BCUT2D eigenvalue weighted by Gasteiger charge is 2.37. The molecule has 0 saturated heterocycles. The first kappa shape index (κ1) is 27.5. The summed E-state index contributed by atoms with van der Waals surface area (Å²) in [6.45, 7) is 21.9. The van der Waals surface area contributed by atoms with Crippen molar-refractivity contribution in [2.75, 3.05) is 0 Å². The van der Waals surface area contributed by atoms with Crippen LogP contribution < -0.4 is 0 Å². The summed E-state index contributed by atoms with van der Waals surface area (Å²) in [6, 6.07) is 4.17. The average Bonchev–Trinajstić information content (AvgIpc) is 2.56. The molecule has 2 rings (SSSR count). The topological polar surface area (TPSA) is 20.2 Å². The maximum atomic E-state index is 13.1. The fraction of sp³-hybridized carbons (Fsp3) is 0.655. The summed E-state index contributed by atoms with van der Waals surface area (Å²) in [4.78, 5) is 0.